The Morgan fingerprint density at radius 3 is 2.71 bits per heavy atom. The molecule has 0 saturated carbocycles. The number of hydrogen-bond donors (Lipinski definition) is 1. The highest BCUT2D eigenvalue weighted by molar-refractivity contribution is 7.99. The Bertz CT molecular complexity index is 437. The maximum Gasteiger partial charge on any atom is 0.0943 e. The molecule has 2 aromatic rings. The van der Waals surface area contributed by atoms with Crippen molar-refractivity contribution in [3.8, 4) is 0 Å². The van der Waals surface area contributed by atoms with Crippen LogP contribution in [-0.2, 0) is 6.42 Å². The normalized spacial score (nSPS) is 12.6. The molecular weight excluding hydrogens is 248 g/mol. The third kappa shape index (κ3) is 3.56. The summed E-state index contributed by atoms with van der Waals surface area (Å²) in [6.45, 7) is 2.16. The number of thiazole rings is 1. The van der Waals surface area contributed by atoms with Crippen LogP contribution in [0.5, 0.6) is 0 Å². The molecule has 4 heteroatoms. The lowest BCUT2D eigenvalue weighted by atomic mass is 10.1. The van der Waals surface area contributed by atoms with Crippen LogP contribution in [0.4, 0.5) is 0 Å². The van der Waals surface area contributed by atoms with E-state index in [1.165, 1.54) is 10.5 Å². The minimum atomic E-state index is 0.0434. The van der Waals surface area contributed by atoms with Crippen molar-refractivity contribution in [3.05, 3.63) is 46.4 Å². The van der Waals surface area contributed by atoms with Crippen LogP contribution in [0.2, 0.25) is 0 Å². The van der Waals surface area contributed by atoms with Crippen molar-refractivity contribution in [3.63, 3.8) is 0 Å². The summed E-state index contributed by atoms with van der Waals surface area (Å²) in [6.07, 6.45) is 2.64. The average molecular weight is 264 g/mol. The zero-order valence-electron chi connectivity index (χ0n) is 9.80. The zero-order valence-corrected chi connectivity index (χ0v) is 11.4. The first-order valence-corrected chi connectivity index (χ1v) is 7.53. The van der Waals surface area contributed by atoms with Crippen LogP contribution >= 0.6 is 23.1 Å². The Morgan fingerprint density at radius 1 is 1.35 bits per heavy atom. The van der Waals surface area contributed by atoms with Gasteiger partial charge in [-0.05, 0) is 23.4 Å². The van der Waals surface area contributed by atoms with E-state index in [2.05, 4.69) is 36.2 Å². The molecule has 1 atom stereocenters. The maximum absolute atomic E-state index is 6.17. The van der Waals surface area contributed by atoms with Gasteiger partial charge in [-0.2, -0.15) is 0 Å². The first-order valence-electron chi connectivity index (χ1n) is 5.66. The number of thioether (sulfide) groups is 1. The van der Waals surface area contributed by atoms with E-state index < -0.39 is 0 Å². The summed E-state index contributed by atoms with van der Waals surface area (Å²) in [4.78, 5) is 5.57. The molecule has 17 heavy (non-hydrogen) atoms. The molecule has 1 aromatic carbocycles. The van der Waals surface area contributed by atoms with Gasteiger partial charge >= 0.3 is 0 Å². The fraction of sp³-hybridized carbons (Fsp3) is 0.308. The first kappa shape index (κ1) is 12.6. The van der Waals surface area contributed by atoms with Gasteiger partial charge in [-0.25, -0.2) is 4.98 Å². The smallest absolute Gasteiger partial charge is 0.0943 e. The lowest BCUT2D eigenvalue weighted by Crippen LogP contribution is -2.13. The van der Waals surface area contributed by atoms with Gasteiger partial charge in [-0.3, -0.25) is 0 Å². The standard InChI is InChI=1S/C13H16N2S2/c1-2-16-11-5-3-10(4-6-11)12(14)9-13-15-7-8-17-13/h3-8,12H,2,9,14H2,1H3. The number of benzene rings is 1. The van der Waals surface area contributed by atoms with Gasteiger partial charge in [0.2, 0.25) is 0 Å². The molecule has 0 aliphatic carbocycles. The monoisotopic (exact) mass is 264 g/mol. The quantitative estimate of drug-likeness (QED) is 0.840. The molecule has 90 valence electrons. The van der Waals surface area contributed by atoms with E-state index in [1.807, 2.05) is 23.3 Å². The van der Waals surface area contributed by atoms with Crippen molar-refractivity contribution in [1.29, 1.82) is 0 Å². The van der Waals surface area contributed by atoms with Gasteiger partial charge in [0.25, 0.3) is 0 Å². The number of aromatic nitrogens is 1. The lowest BCUT2D eigenvalue weighted by Gasteiger charge is -2.10. The summed E-state index contributed by atoms with van der Waals surface area (Å²) in [5.41, 5.74) is 7.35. The minimum Gasteiger partial charge on any atom is -0.324 e. The van der Waals surface area contributed by atoms with Crippen LogP contribution in [-0.4, -0.2) is 10.7 Å². The molecule has 0 saturated heterocycles. The second kappa shape index (κ2) is 6.19. The summed E-state index contributed by atoms with van der Waals surface area (Å²) in [5, 5.41) is 3.09. The van der Waals surface area contributed by atoms with E-state index in [1.54, 1.807) is 11.3 Å². The van der Waals surface area contributed by atoms with Crippen molar-refractivity contribution < 1.29 is 0 Å². The van der Waals surface area contributed by atoms with Crippen molar-refractivity contribution in [2.75, 3.05) is 5.75 Å². The summed E-state index contributed by atoms with van der Waals surface area (Å²) in [6, 6.07) is 8.57. The number of nitrogens with two attached hydrogens (primary N) is 1. The van der Waals surface area contributed by atoms with Crippen LogP contribution in [0, 0.1) is 0 Å². The van der Waals surface area contributed by atoms with Gasteiger partial charge < -0.3 is 5.73 Å². The molecule has 0 fully saturated rings. The van der Waals surface area contributed by atoms with Crippen LogP contribution in [0.15, 0.2) is 40.7 Å². The van der Waals surface area contributed by atoms with Crippen molar-refractivity contribution in [2.45, 2.75) is 24.3 Å². The van der Waals surface area contributed by atoms with Crippen molar-refractivity contribution >= 4 is 23.1 Å². The second-order valence-electron chi connectivity index (χ2n) is 3.74. The molecule has 1 aromatic heterocycles. The van der Waals surface area contributed by atoms with E-state index in [4.69, 9.17) is 5.73 Å². The largest absolute Gasteiger partial charge is 0.324 e. The maximum atomic E-state index is 6.17. The van der Waals surface area contributed by atoms with Crippen molar-refractivity contribution in [2.24, 2.45) is 5.73 Å². The van der Waals surface area contributed by atoms with Gasteiger partial charge in [0.15, 0.2) is 0 Å². The Hall–Kier alpha value is -0.840. The van der Waals surface area contributed by atoms with Gasteiger partial charge in [0.05, 0.1) is 5.01 Å². The summed E-state index contributed by atoms with van der Waals surface area (Å²) in [5.74, 6) is 1.10. The minimum absolute atomic E-state index is 0.0434. The zero-order chi connectivity index (χ0) is 12.1. The molecule has 2 rings (SSSR count). The van der Waals surface area contributed by atoms with E-state index in [0.717, 1.165) is 17.2 Å². The van der Waals surface area contributed by atoms with E-state index in [-0.39, 0.29) is 6.04 Å². The SMILES string of the molecule is CCSc1ccc(C(N)Cc2nccs2)cc1. The molecule has 0 aliphatic rings. The van der Waals surface area contributed by atoms with E-state index in [9.17, 15) is 0 Å². The summed E-state index contributed by atoms with van der Waals surface area (Å²) >= 11 is 3.51. The molecule has 0 bridgehead atoms. The molecular formula is C13H16N2S2. The summed E-state index contributed by atoms with van der Waals surface area (Å²) in [7, 11) is 0. The number of hydrogen-bond acceptors (Lipinski definition) is 4. The fourth-order valence-electron chi connectivity index (χ4n) is 1.64. The lowest BCUT2D eigenvalue weighted by molar-refractivity contribution is 0.717. The molecule has 2 N–H and O–H groups in total. The van der Waals surface area contributed by atoms with E-state index in [0.29, 0.717) is 0 Å². The van der Waals surface area contributed by atoms with Crippen LogP contribution in [0.25, 0.3) is 0 Å². The van der Waals surface area contributed by atoms with Gasteiger partial charge in [-0.1, -0.05) is 19.1 Å². The molecule has 0 amide bonds. The first-order chi connectivity index (χ1) is 8.29. The van der Waals surface area contributed by atoms with Gasteiger partial charge in [-0.15, -0.1) is 23.1 Å². The Labute approximate surface area is 110 Å². The Morgan fingerprint density at radius 2 is 2.12 bits per heavy atom. The van der Waals surface area contributed by atoms with Crippen molar-refractivity contribution in [1.82, 2.24) is 4.98 Å². The fourth-order valence-corrected chi connectivity index (χ4v) is 2.98. The topological polar surface area (TPSA) is 38.9 Å². The average Bonchev–Trinajstić information content (AvgIpc) is 2.83. The van der Waals surface area contributed by atoms with Crippen LogP contribution < -0.4 is 5.73 Å². The van der Waals surface area contributed by atoms with Crippen LogP contribution in [0.3, 0.4) is 0 Å². The molecule has 0 radical (unpaired) electrons. The number of rotatable bonds is 5. The highest BCUT2D eigenvalue weighted by atomic mass is 32.2. The van der Waals surface area contributed by atoms with Crippen LogP contribution in [0.1, 0.15) is 23.5 Å². The summed E-state index contributed by atoms with van der Waals surface area (Å²) < 4.78 is 0. The highest BCUT2D eigenvalue weighted by Gasteiger charge is 2.08. The molecule has 0 aliphatic heterocycles. The molecule has 1 unspecified atom stereocenters. The Balaban J connectivity index is 2.01. The van der Waals surface area contributed by atoms with E-state index >= 15 is 0 Å². The predicted octanol–water partition coefficient (Wildman–Crippen LogP) is 3.50. The number of nitrogens with zero attached hydrogens (tertiary/aromatic N) is 1. The third-order valence-electron chi connectivity index (χ3n) is 2.50. The third-order valence-corrected chi connectivity index (χ3v) is 4.19. The highest BCUT2D eigenvalue weighted by Crippen LogP contribution is 2.22. The van der Waals surface area contributed by atoms with Gasteiger partial charge in [0, 0.05) is 28.9 Å². The van der Waals surface area contributed by atoms with Gasteiger partial charge in [0.1, 0.15) is 0 Å². The Kier molecular flexibility index (Phi) is 4.59. The molecule has 0 spiro atoms. The molecule has 2 nitrogen and oxygen atoms in total. The molecule has 1 heterocycles. The second-order valence-corrected chi connectivity index (χ2v) is 6.06. The predicted molar refractivity (Wildman–Crippen MR) is 75.6 cm³/mol.